The zero-order valence-corrected chi connectivity index (χ0v) is 10.4. The van der Waals surface area contributed by atoms with Crippen molar-refractivity contribution in [1.29, 1.82) is 0 Å². The molecule has 0 aliphatic heterocycles. The number of phenolic OH excluding ortho intramolecular Hbond substituents is 1. The second-order valence-corrected chi connectivity index (χ2v) is 4.10. The molecule has 0 fully saturated rings. The first kappa shape index (κ1) is 13.5. The predicted octanol–water partition coefficient (Wildman–Crippen LogP) is 0.750. The highest BCUT2D eigenvalue weighted by atomic mass is 16.3. The molecule has 1 aromatic carbocycles. The largest absolute Gasteiger partial charge is 0.508 e. The first-order valence-electron chi connectivity index (χ1n) is 5.84. The third-order valence-electron chi connectivity index (χ3n) is 2.74. The number of phenols is 1. The van der Waals surface area contributed by atoms with Crippen LogP contribution in [0.15, 0.2) is 47.5 Å². The van der Waals surface area contributed by atoms with Gasteiger partial charge in [-0.1, -0.05) is 12.1 Å². The van der Waals surface area contributed by atoms with Crippen molar-refractivity contribution >= 4 is 12.2 Å². The summed E-state index contributed by atoms with van der Waals surface area (Å²) in [5.74, 6) is -0.582. The molecular weight excluding hydrogens is 260 g/mol. The lowest BCUT2D eigenvalue weighted by Crippen LogP contribution is -2.32. The van der Waals surface area contributed by atoms with Gasteiger partial charge in [0.2, 0.25) is 0 Å². The number of hydrogen-bond donors (Lipinski definition) is 3. The van der Waals surface area contributed by atoms with Crippen LogP contribution < -0.4 is 10.7 Å². The van der Waals surface area contributed by atoms with E-state index >= 15 is 0 Å². The van der Waals surface area contributed by atoms with E-state index in [1.54, 1.807) is 0 Å². The summed E-state index contributed by atoms with van der Waals surface area (Å²) >= 11 is 0. The Morgan fingerprint density at radius 3 is 2.55 bits per heavy atom. The molecule has 102 valence electrons. The fourth-order valence-corrected chi connectivity index (χ4v) is 1.69. The monoisotopic (exact) mass is 272 g/mol. The minimum atomic E-state index is -0.886. The van der Waals surface area contributed by atoms with E-state index in [4.69, 9.17) is 0 Å². The number of pyridine rings is 1. The van der Waals surface area contributed by atoms with Gasteiger partial charge in [-0.3, -0.25) is 9.59 Å². The van der Waals surface area contributed by atoms with Gasteiger partial charge in [-0.05, 0) is 17.7 Å². The molecule has 6 nitrogen and oxygen atoms in total. The van der Waals surface area contributed by atoms with E-state index in [-0.39, 0.29) is 11.3 Å². The van der Waals surface area contributed by atoms with E-state index in [1.165, 1.54) is 42.7 Å². The molecule has 0 spiro atoms. The Hall–Kier alpha value is -2.89. The Bertz CT molecular complexity index is 676. The summed E-state index contributed by atoms with van der Waals surface area (Å²) < 4.78 is 0. The highest BCUT2D eigenvalue weighted by Crippen LogP contribution is 2.15. The van der Waals surface area contributed by atoms with Crippen LogP contribution in [0.3, 0.4) is 0 Å². The zero-order chi connectivity index (χ0) is 14.5. The van der Waals surface area contributed by atoms with Crippen molar-refractivity contribution in [1.82, 2.24) is 10.3 Å². The Labute approximate surface area is 114 Å². The van der Waals surface area contributed by atoms with Crippen LogP contribution in [0.2, 0.25) is 0 Å². The third kappa shape index (κ3) is 2.92. The van der Waals surface area contributed by atoms with Crippen LogP contribution >= 0.6 is 0 Å². The van der Waals surface area contributed by atoms with Crippen molar-refractivity contribution in [3.63, 3.8) is 0 Å². The van der Waals surface area contributed by atoms with Crippen LogP contribution in [0.4, 0.5) is 0 Å². The number of H-pyrrole nitrogens is 1. The molecule has 0 aliphatic rings. The van der Waals surface area contributed by atoms with Gasteiger partial charge < -0.3 is 20.2 Å². The molecule has 0 radical (unpaired) electrons. The molecule has 6 heteroatoms. The van der Waals surface area contributed by atoms with Crippen LogP contribution in [0, 0.1) is 0 Å². The molecule has 1 amide bonds. The maximum Gasteiger partial charge on any atom is 0.257 e. The highest BCUT2D eigenvalue weighted by Gasteiger charge is 2.16. The minimum absolute atomic E-state index is 0.0595. The first-order valence-corrected chi connectivity index (χ1v) is 5.84. The van der Waals surface area contributed by atoms with Crippen LogP contribution in [-0.2, 0) is 4.79 Å². The number of aromatic amines is 1. The normalized spacial score (nSPS) is 11.6. The lowest BCUT2D eigenvalue weighted by molar-refractivity contribution is -0.109. The Kier molecular flexibility index (Phi) is 3.95. The topological polar surface area (TPSA) is 99.3 Å². The van der Waals surface area contributed by atoms with E-state index in [1.807, 2.05) is 0 Å². The Morgan fingerprint density at radius 1 is 1.25 bits per heavy atom. The van der Waals surface area contributed by atoms with Crippen molar-refractivity contribution in [3.05, 3.63) is 64.1 Å². The molecule has 1 atom stereocenters. The van der Waals surface area contributed by atoms with Crippen molar-refractivity contribution < 1.29 is 14.7 Å². The highest BCUT2D eigenvalue weighted by molar-refractivity contribution is 5.95. The fraction of sp³-hybridized carbons (Fsp3) is 0.0714. The van der Waals surface area contributed by atoms with Gasteiger partial charge in [-0.2, -0.15) is 0 Å². The maximum atomic E-state index is 11.9. The first-order chi connectivity index (χ1) is 9.61. The molecule has 2 rings (SSSR count). The van der Waals surface area contributed by atoms with Gasteiger partial charge in [-0.25, -0.2) is 0 Å². The van der Waals surface area contributed by atoms with Crippen LogP contribution in [-0.4, -0.2) is 22.3 Å². The number of aromatic nitrogens is 1. The molecule has 20 heavy (non-hydrogen) atoms. The van der Waals surface area contributed by atoms with Crippen molar-refractivity contribution in [2.24, 2.45) is 0 Å². The number of nitrogens with one attached hydrogen (secondary N) is 2. The minimum Gasteiger partial charge on any atom is -0.508 e. The summed E-state index contributed by atoms with van der Waals surface area (Å²) in [4.78, 5) is 37.2. The molecule has 0 saturated carbocycles. The van der Waals surface area contributed by atoms with E-state index in [0.717, 1.165) is 0 Å². The van der Waals surface area contributed by atoms with Crippen LogP contribution in [0.25, 0.3) is 0 Å². The molecule has 1 unspecified atom stereocenters. The van der Waals surface area contributed by atoms with E-state index in [2.05, 4.69) is 10.3 Å². The smallest absolute Gasteiger partial charge is 0.257 e. The fourth-order valence-electron chi connectivity index (χ4n) is 1.69. The SMILES string of the molecule is O=CC(NC(=O)c1c[nH]ccc1=O)c1ccc(O)cc1. The number of carbonyl (C=O) groups excluding carboxylic acids is 2. The van der Waals surface area contributed by atoms with Crippen LogP contribution in [0.5, 0.6) is 5.75 Å². The molecule has 1 heterocycles. The Balaban J connectivity index is 2.21. The van der Waals surface area contributed by atoms with Crippen molar-refractivity contribution in [2.75, 3.05) is 0 Å². The van der Waals surface area contributed by atoms with Gasteiger partial charge in [0.15, 0.2) is 5.43 Å². The molecule has 2 aromatic rings. The molecule has 3 N–H and O–H groups in total. The third-order valence-corrected chi connectivity index (χ3v) is 2.74. The predicted molar refractivity (Wildman–Crippen MR) is 71.4 cm³/mol. The van der Waals surface area contributed by atoms with Gasteiger partial charge in [0.25, 0.3) is 5.91 Å². The summed E-state index contributed by atoms with van der Waals surface area (Å²) in [6.45, 7) is 0. The van der Waals surface area contributed by atoms with E-state index in [0.29, 0.717) is 11.8 Å². The van der Waals surface area contributed by atoms with Gasteiger partial charge in [0.1, 0.15) is 23.6 Å². The maximum absolute atomic E-state index is 11.9. The molecule has 0 bridgehead atoms. The van der Waals surface area contributed by atoms with Gasteiger partial charge in [-0.15, -0.1) is 0 Å². The van der Waals surface area contributed by atoms with Gasteiger partial charge >= 0.3 is 0 Å². The summed E-state index contributed by atoms with van der Waals surface area (Å²) in [5, 5.41) is 11.6. The number of carbonyl (C=O) groups is 2. The molecule has 0 saturated heterocycles. The lowest BCUT2D eigenvalue weighted by atomic mass is 10.1. The molecular formula is C14H12N2O4. The Morgan fingerprint density at radius 2 is 1.95 bits per heavy atom. The number of benzene rings is 1. The van der Waals surface area contributed by atoms with Gasteiger partial charge in [0.05, 0.1) is 0 Å². The second kappa shape index (κ2) is 5.83. The van der Waals surface area contributed by atoms with Crippen LogP contribution in [0.1, 0.15) is 22.0 Å². The van der Waals surface area contributed by atoms with Gasteiger partial charge in [0, 0.05) is 18.5 Å². The molecule has 0 aliphatic carbocycles. The zero-order valence-electron chi connectivity index (χ0n) is 10.4. The number of rotatable bonds is 4. The summed E-state index contributed by atoms with van der Waals surface area (Å²) in [7, 11) is 0. The quantitative estimate of drug-likeness (QED) is 0.715. The number of hydrogen-bond acceptors (Lipinski definition) is 4. The average molecular weight is 272 g/mol. The number of aromatic hydroxyl groups is 1. The number of amides is 1. The summed E-state index contributed by atoms with van der Waals surface area (Å²) in [6.07, 6.45) is 3.24. The number of aldehydes is 1. The van der Waals surface area contributed by atoms with Crippen molar-refractivity contribution in [3.8, 4) is 5.75 Å². The van der Waals surface area contributed by atoms with E-state index in [9.17, 15) is 19.5 Å². The van der Waals surface area contributed by atoms with E-state index < -0.39 is 17.4 Å². The average Bonchev–Trinajstić information content (AvgIpc) is 2.46. The van der Waals surface area contributed by atoms with Crippen molar-refractivity contribution in [2.45, 2.75) is 6.04 Å². The lowest BCUT2D eigenvalue weighted by Gasteiger charge is -2.12. The summed E-state index contributed by atoms with van der Waals surface area (Å²) in [6, 6.07) is 6.20. The summed E-state index contributed by atoms with van der Waals surface area (Å²) in [5.41, 5.74) is 0.00763. The standard InChI is InChI=1S/C14H12N2O4/c17-8-12(9-1-3-10(18)4-2-9)16-14(20)11-7-15-6-5-13(11)19/h1-8,12,18H,(H,15,19)(H,16,20). The molecule has 1 aromatic heterocycles. The second-order valence-electron chi connectivity index (χ2n) is 4.10.